The summed E-state index contributed by atoms with van der Waals surface area (Å²) in [6.45, 7) is 1.92. The maximum Gasteiger partial charge on any atom is 0.320 e. The molecule has 0 aromatic heterocycles. The molecule has 10 heavy (non-hydrogen) atoms. The van der Waals surface area contributed by atoms with Crippen molar-refractivity contribution in [2.24, 2.45) is 11.8 Å². The van der Waals surface area contributed by atoms with Gasteiger partial charge in [0, 0.05) is 5.92 Å². The minimum absolute atomic E-state index is 0.190. The van der Waals surface area contributed by atoms with Gasteiger partial charge in [-0.3, -0.25) is 9.59 Å². The molecule has 0 aromatic carbocycles. The topological polar surface area (TPSA) is 63.6 Å². The Morgan fingerprint density at radius 3 is 2.60 bits per heavy atom. The fraction of sp³-hybridized carbons (Fsp3) is 0.667. The van der Waals surface area contributed by atoms with Gasteiger partial charge in [0.2, 0.25) is 0 Å². The van der Waals surface area contributed by atoms with Gasteiger partial charge in [0.15, 0.2) is 5.92 Å². The number of aliphatic carboxylic acids is 1. The highest BCUT2D eigenvalue weighted by Crippen LogP contribution is 2.21. The highest BCUT2D eigenvalue weighted by atomic mass is 16.5. The number of hydrogen-bond donors (Lipinski definition) is 1. The molecule has 1 aliphatic heterocycles. The van der Waals surface area contributed by atoms with Crippen LogP contribution in [0.3, 0.4) is 0 Å². The first kappa shape index (κ1) is 7.05. The van der Waals surface area contributed by atoms with Gasteiger partial charge in [0.1, 0.15) is 0 Å². The molecule has 1 heterocycles. The summed E-state index contributed by atoms with van der Waals surface area (Å²) >= 11 is 0. The van der Waals surface area contributed by atoms with Crippen LogP contribution in [0.1, 0.15) is 6.92 Å². The van der Waals surface area contributed by atoms with Crippen molar-refractivity contribution in [2.45, 2.75) is 6.92 Å². The number of carboxylic acid groups (broad SMARTS) is 1. The summed E-state index contributed by atoms with van der Waals surface area (Å²) in [5, 5.41) is 8.45. The van der Waals surface area contributed by atoms with Gasteiger partial charge in [-0.25, -0.2) is 0 Å². The average Bonchev–Trinajstić information content (AvgIpc) is 2.11. The molecule has 1 N–H and O–H groups in total. The molecular weight excluding hydrogens is 136 g/mol. The van der Waals surface area contributed by atoms with Gasteiger partial charge in [-0.15, -0.1) is 0 Å². The van der Waals surface area contributed by atoms with E-state index in [1.54, 1.807) is 6.92 Å². The molecule has 1 aliphatic rings. The van der Waals surface area contributed by atoms with Crippen LogP contribution in [0.4, 0.5) is 0 Å². The summed E-state index contributed by atoms with van der Waals surface area (Å²) in [6, 6.07) is 0. The van der Waals surface area contributed by atoms with Crippen molar-refractivity contribution in [3.05, 3.63) is 0 Å². The normalized spacial score (nSPS) is 31.9. The zero-order chi connectivity index (χ0) is 7.72. The zero-order valence-corrected chi connectivity index (χ0v) is 5.53. The quantitative estimate of drug-likeness (QED) is 0.411. The Kier molecular flexibility index (Phi) is 1.61. The molecule has 4 nitrogen and oxygen atoms in total. The van der Waals surface area contributed by atoms with Crippen molar-refractivity contribution in [3.63, 3.8) is 0 Å². The Hall–Kier alpha value is -1.06. The molecule has 0 bridgehead atoms. The van der Waals surface area contributed by atoms with Crippen molar-refractivity contribution in [3.8, 4) is 0 Å². The number of hydrogen-bond acceptors (Lipinski definition) is 3. The maximum absolute atomic E-state index is 10.6. The summed E-state index contributed by atoms with van der Waals surface area (Å²) in [5.74, 6) is -2.83. The fourth-order valence-corrected chi connectivity index (χ4v) is 0.976. The van der Waals surface area contributed by atoms with Crippen LogP contribution in [0.15, 0.2) is 0 Å². The van der Waals surface area contributed by atoms with Crippen molar-refractivity contribution < 1.29 is 19.4 Å². The Bertz CT molecular complexity index is 175. The highest BCUT2D eigenvalue weighted by molar-refractivity contribution is 5.95. The zero-order valence-electron chi connectivity index (χ0n) is 5.53. The first-order valence-corrected chi connectivity index (χ1v) is 3.02. The van der Waals surface area contributed by atoms with Crippen molar-refractivity contribution in [2.75, 3.05) is 6.61 Å². The second-order valence-corrected chi connectivity index (χ2v) is 2.42. The molecule has 0 aliphatic carbocycles. The van der Waals surface area contributed by atoms with Gasteiger partial charge in [-0.1, -0.05) is 6.92 Å². The smallest absolute Gasteiger partial charge is 0.320 e. The second kappa shape index (κ2) is 2.28. The molecule has 0 saturated carbocycles. The van der Waals surface area contributed by atoms with Crippen LogP contribution in [0.5, 0.6) is 0 Å². The van der Waals surface area contributed by atoms with E-state index in [0.717, 1.165) is 0 Å². The summed E-state index contributed by atoms with van der Waals surface area (Å²) < 4.78 is 4.52. The van der Waals surface area contributed by atoms with Crippen LogP contribution in [-0.4, -0.2) is 23.7 Å². The lowest BCUT2D eigenvalue weighted by atomic mass is 9.98. The minimum atomic E-state index is -1.09. The fourth-order valence-electron chi connectivity index (χ4n) is 0.976. The third kappa shape index (κ3) is 0.964. The van der Waals surface area contributed by atoms with Gasteiger partial charge >= 0.3 is 11.9 Å². The van der Waals surface area contributed by atoms with E-state index in [0.29, 0.717) is 0 Å². The van der Waals surface area contributed by atoms with Crippen LogP contribution in [0.25, 0.3) is 0 Å². The van der Waals surface area contributed by atoms with Crippen molar-refractivity contribution in [1.82, 2.24) is 0 Å². The van der Waals surface area contributed by atoms with Crippen LogP contribution in [0, 0.1) is 11.8 Å². The van der Waals surface area contributed by atoms with Crippen molar-refractivity contribution >= 4 is 11.9 Å². The average molecular weight is 144 g/mol. The first-order valence-electron chi connectivity index (χ1n) is 3.02. The molecule has 4 heteroatoms. The third-order valence-electron chi connectivity index (χ3n) is 1.58. The first-order chi connectivity index (χ1) is 4.63. The number of esters is 1. The Labute approximate surface area is 57.8 Å². The Morgan fingerprint density at radius 1 is 1.80 bits per heavy atom. The number of carboxylic acids is 1. The van der Waals surface area contributed by atoms with Crippen LogP contribution in [0.2, 0.25) is 0 Å². The number of rotatable bonds is 1. The third-order valence-corrected chi connectivity index (χ3v) is 1.58. The molecule has 1 saturated heterocycles. The summed E-state index contributed by atoms with van der Waals surface area (Å²) in [4.78, 5) is 20.9. The number of ether oxygens (including phenoxy) is 1. The molecule has 1 fully saturated rings. The molecule has 56 valence electrons. The summed E-state index contributed by atoms with van der Waals surface area (Å²) in [6.07, 6.45) is 0. The molecule has 0 amide bonds. The van der Waals surface area contributed by atoms with Crippen molar-refractivity contribution in [1.29, 1.82) is 0 Å². The van der Waals surface area contributed by atoms with E-state index >= 15 is 0 Å². The van der Waals surface area contributed by atoms with Crippen LogP contribution < -0.4 is 0 Å². The molecule has 0 aromatic rings. The van der Waals surface area contributed by atoms with E-state index in [9.17, 15) is 9.59 Å². The van der Waals surface area contributed by atoms with Gasteiger partial charge in [0.05, 0.1) is 6.61 Å². The molecule has 1 unspecified atom stereocenters. The lowest BCUT2D eigenvalue weighted by molar-refractivity contribution is -0.152. The van der Waals surface area contributed by atoms with Gasteiger partial charge in [-0.2, -0.15) is 0 Å². The van der Waals surface area contributed by atoms with E-state index in [4.69, 9.17) is 5.11 Å². The van der Waals surface area contributed by atoms with Gasteiger partial charge < -0.3 is 9.84 Å². The highest BCUT2D eigenvalue weighted by Gasteiger charge is 2.39. The lowest BCUT2D eigenvalue weighted by Gasteiger charge is -2.01. The SMILES string of the molecule is C[C@@H]1COC(=O)C1C(=O)O. The van der Waals surface area contributed by atoms with E-state index in [1.807, 2.05) is 0 Å². The Balaban J connectivity index is 2.72. The monoisotopic (exact) mass is 144 g/mol. The lowest BCUT2D eigenvalue weighted by Crippen LogP contribution is -2.23. The van der Waals surface area contributed by atoms with Gasteiger partial charge in [-0.05, 0) is 0 Å². The Morgan fingerprint density at radius 2 is 2.40 bits per heavy atom. The predicted octanol–water partition coefficient (Wildman–Crippen LogP) is -0.120. The molecule has 0 radical (unpaired) electrons. The molecule has 0 spiro atoms. The number of cyclic esters (lactones) is 1. The van der Waals surface area contributed by atoms with Gasteiger partial charge in [0.25, 0.3) is 0 Å². The largest absolute Gasteiger partial charge is 0.481 e. The molecule has 1 rings (SSSR count). The molecule has 2 atom stereocenters. The number of carbonyl (C=O) groups excluding carboxylic acids is 1. The minimum Gasteiger partial charge on any atom is -0.481 e. The second-order valence-electron chi connectivity index (χ2n) is 2.42. The molecular formula is C6H8O4. The van der Waals surface area contributed by atoms with Crippen LogP contribution >= 0.6 is 0 Å². The van der Waals surface area contributed by atoms with E-state index < -0.39 is 17.9 Å². The standard InChI is InChI=1S/C6H8O4/c1-3-2-10-6(9)4(3)5(7)8/h3-4H,2H2,1H3,(H,7,8)/t3-,4?/m1/s1. The summed E-state index contributed by atoms with van der Waals surface area (Å²) in [7, 11) is 0. The predicted molar refractivity (Wildman–Crippen MR) is 31.2 cm³/mol. The summed E-state index contributed by atoms with van der Waals surface area (Å²) in [5.41, 5.74) is 0. The van der Waals surface area contributed by atoms with E-state index in [-0.39, 0.29) is 12.5 Å². The van der Waals surface area contributed by atoms with E-state index in [1.165, 1.54) is 0 Å². The number of carbonyl (C=O) groups is 2. The van der Waals surface area contributed by atoms with E-state index in [2.05, 4.69) is 4.74 Å². The maximum atomic E-state index is 10.6. The van der Waals surface area contributed by atoms with Crippen LogP contribution in [-0.2, 0) is 14.3 Å².